The highest BCUT2D eigenvalue weighted by atomic mass is 16.1. The average Bonchev–Trinajstić information content (AvgIpc) is 2.52. The monoisotopic (exact) mass is 181 g/mol. The number of carbonyl (C=O) groups is 1. The smallest absolute Gasteiger partial charge is 0.243 e. The molecule has 0 bridgehead atoms. The van der Waals surface area contributed by atoms with E-state index in [2.05, 4.69) is 25.7 Å². The Hall–Kier alpha value is -0.790. The van der Waals surface area contributed by atoms with E-state index < -0.39 is 0 Å². The third-order valence-electron chi connectivity index (χ3n) is 2.95. The molecule has 0 aromatic rings. The zero-order valence-electron chi connectivity index (χ0n) is 8.55. The molecule has 0 saturated heterocycles. The summed E-state index contributed by atoms with van der Waals surface area (Å²) in [5.41, 5.74) is 0. The van der Waals surface area contributed by atoms with Crippen molar-refractivity contribution in [3.63, 3.8) is 0 Å². The van der Waals surface area contributed by atoms with Crippen molar-refractivity contribution in [3.8, 4) is 0 Å². The quantitative estimate of drug-likeness (QED) is 0.664. The van der Waals surface area contributed by atoms with Crippen molar-refractivity contribution in [1.29, 1.82) is 0 Å². The minimum Gasteiger partial charge on any atom is -0.350 e. The summed E-state index contributed by atoms with van der Waals surface area (Å²) >= 11 is 0. The van der Waals surface area contributed by atoms with Gasteiger partial charge in [0.2, 0.25) is 5.91 Å². The lowest BCUT2D eigenvalue weighted by Crippen LogP contribution is -2.31. The van der Waals surface area contributed by atoms with Crippen LogP contribution in [0.15, 0.2) is 12.7 Å². The second-order valence-electron chi connectivity index (χ2n) is 4.23. The van der Waals surface area contributed by atoms with Crippen LogP contribution in [-0.4, -0.2) is 11.9 Å². The third-order valence-corrected chi connectivity index (χ3v) is 2.95. The molecule has 0 spiro atoms. The number of hydrogen-bond acceptors (Lipinski definition) is 1. The number of rotatable bonds is 3. The third kappa shape index (κ3) is 2.87. The molecule has 1 N–H and O–H groups in total. The van der Waals surface area contributed by atoms with E-state index in [-0.39, 0.29) is 5.91 Å². The van der Waals surface area contributed by atoms with Crippen LogP contribution in [0.1, 0.15) is 33.1 Å². The van der Waals surface area contributed by atoms with Crippen molar-refractivity contribution in [1.82, 2.24) is 5.32 Å². The Morgan fingerprint density at radius 3 is 2.69 bits per heavy atom. The van der Waals surface area contributed by atoms with Gasteiger partial charge in [-0.25, -0.2) is 0 Å². The maximum Gasteiger partial charge on any atom is 0.243 e. The first-order valence-corrected chi connectivity index (χ1v) is 5.06. The molecule has 0 aliphatic heterocycles. The zero-order valence-corrected chi connectivity index (χ0v) is 8.55. The molecule has 1 amide bonds. The number of carbonyl (C=O) groups excluding carboxylic acids is 1. The lowest BCUT2D eigenvalue weighted by Gasteiger charge is -2.14. The van der Waals surface area contributed by atoms with E-state index in [1.54, 1.807) is 0 Å². The SMILES string of the molecule is C=CC(=O)N[C@@H]1CC[C@@H](C(C)C)C1. The highest BCUT2D eigenvalue weighted by molar-refractivity contribution is 5.87. The topological polar surface area (TPSA) is 29.1 Å². The van der Waals surface area contributed by atoms with Gasteiger partial charge < -0.3 is 5.32 Å². The van der Waals surface area contributed by atoms with Gasteiger partial charge >= 0.3 is 0 Å². The number of hydrogen-bond donors (Lipinski definition) is 1. The largest absolute Gasteiger partial charge is 0.350 e. The summed E-state index contributed by atoms with van der Waals surface area (Å²) in [6.07, 6.45) is 4.86. The molecule has 2 atom stereocenters. The average molecular weight is 181 g/mol. The molecule has 1 fully saturated rings. The van der Waals surface area contributed by atoms with Crippen molar-refractivity contribution in [2.24, 2.45) is 11.8 Å². The fourth-order valence-electron chi connectivity index (χ4n) is 2.01. The molecule has 0 aromatic carbocycles. The van der Waals surface area contributed by atoms with Crippen LogP contribution in [0, 0.1) is 11.8 Å². The van der Waals surface area contributed by atoms with Crippen LogP contribution in [0.3, 0.4) is 0 Å². The Bertz CT molecular complexity index is 198. The predicted octanol–water partition coefficient (Wildman–Crippen LogP) is 2.11. The van der Waals surface area contributed by atoms with Crippen molar-refractivity contribution in [2.75, 3.05) is 0 Å². The first-order valence-electron chi connectivity index (χ1n) is 5.06. The Balaban J connectivity index is 2.33. The standard InChI is InChI=1S/C11H19NO/c1-4-11(13)12-10-6-5-9(7-10)8(2)3/h4,8-10H,1,5-7H2,2-3H3,(H,12,13)/t9-,10-/m1/s1. The molecule has 1 aliphatic carbocycles. The molecular weight excluding hydrogens is 162 g/mol. The van der Waals surface area contributed by atoms with Crippen LogP contribution in [0.2, 0.25) is 0 Å². The summed E-state index contributed by atoms with van der Waals surface area (Å²) in [4.78, 5) is 11.0. The zero-order chi connectivity index (χ0) is 9.84. The molecule has 1 rings (SSSR count). The fourth-order valence-corrected chi connectivity index (χ4v) is 2.01. The van der Waals surface area contributed by atoms with Gasteiger partial charge in [-0.2, -0.15) is 0 Å². The molecule has 2 heteroatoms. The maximum atomic E-state index is 11.0. The van der Waals surface area contributed by atoms with Crippen LogP contribution in [0.25, 0.3) is 0 Å². The van der Waals surface area contributed by atoms with Crippen LogP contribution in [0.4, 0.5) is 0 Å². The first kappa shape index (κ1) is 10.3. The number of nitrogens with one attached hydrogen (secondary N) is 1. The molecular formula is C11H19NO. The maximum absolute atomic E-state index is 11.0. The van der Waals surface area contributed by atoms with Crippen molar-refractivity contribution in [3.05, 3.63) is 12.7 Å². The van der Waals surface area contributed by atoms with Crippen molar-refractivity contribution >= 4 is 5.91 Å². The van der Waals surface area contributed by atoms with Gasteiger partial charge in [0.1, 0.15) is 0 Å². The predicted molar refractivity (Wildman–Crippen MR) is 54.3 cm³/mol. The van der Waals surface area contributed by atoms with Crippen molar-refractivity contribution in [2.45, 2.75) is 39.2 Å². The summed E-state index contributed by atoms with van der Waals surface area (Å²) < 4.78 is 0. The lowest BCUT2D eigenvalue weighted by atomic mass is 9.94. The molecule has 2 nitrogen and oxygen atoms in total. The van der Waals surface area contributed by atoms with E-state index in [0.29, 0.717) is 6.04 Å². The lowest BCUT2D eigenvalue weighted by molar-refractivity contribution is -0.117. The van der Waals surface area contributed by atoms with Crippen LogP contribution in [0.5, 0.6) is 0 Å². The van der Waals surface area contributed by atoms with E-state index in [0.717, 1.165) is 24.7 Å². The normalized spacial score (nSPS) is 27.6. The molecule has 0 radical (unpaired) electrons. The van der Waals surface area contributed by atoms with Crippen LogP contribution < -0.4 is 5.32 Å². The van der Waals surface area contributed by atoms with E-state index in [4.69, 9.17) is 0 Å². The van der Waals surface area contributed by atoms with Crippen molar-refractivity contribution < 1.29 is 4.79 Å². The summed E-state index contributed by atoms with van der Waals surface area (Å²) in [5.74, 6) is 1.50. The molecule has 1 saturated carbocycles. The van der Waals surface area contributed by atoms with E-state index in [1.165, 1.54) is 12.5 Å². The Morgan fingerprint density at radius 1 is 1.54 bits per heavy atom. The Morgan fingerprint density at radius 2 is 2.23 bits per heavy atom. The van der Waals surface area contributed by atoms with Gasteiger partial charge in [0.05, 0.1) is 0 Å². The first-order chi connectivity index (χ1) is 6.13. The van der Waals surface area contributed by atoms with Gasteiger partial charge in [0, 0.05) is 6.04 Å². The molecule has 1 aliphatic rings. The summed E-state index contributed by atoms with van der Waals surface area (Å²) in [7, 11) is 0. The van der Waals surface area contributed by atoms with Gasteiger partial charge in [-0.05, 0) is 37.2 Å². The second kappa shape index (κ2) is 4.45. The van der Waals surface area contributed by atoms with E-state index in [9.17, 15) is 4.79 Å². The highest BCUT2D eigenvalue weighted by Gasteiger charge is 2.26. The molecule has 0 heterocycles. The molecule has 0 aromatic heterocycles. The summed E-state index contributed by atoms with van der Waals surface area (Å²) in [5, 5.41) is 2.96. The molecule has 0 unspecified atom stereocenters. The van der Waals surface area contributed by atoms with Gasteiger partial charge in [-0.15, -0.1) is 0 Å². The minimum atomic E-state index is -0.0330. The van der Waals surface area contributed by atoms with Gasteiger partial charge in [0.25, 0.3) is 0 Å². The fraction of sp³-hybridized carbons (Fsp3) is 0.727. The number of amides is 1. The Labute approximate surface area is 80.4 Å². The Kier molecular flexibility index (Phi) is 3.52. The summed E-state index contributed by atoms with van der Waals surface area (Å²) in [6.45, 7) is 7.95. The van der Waals surface area contributed by atoms with Gasteiger partial charge in [-0.1, -0.05) is 20.4 Å². The second-order valence-corrected chi connectivity index (χ2v) is 4.23. The van der Waals surface area contributed by atoms with Crippen LogP contribution >= 0.6 is 0 Å². The van der Waals surface area contributed by atoms with Gasteiger partial charge in [-0.3, -0.25) is 4.79 Å². The highest BCUT2D eigenvalue weighted by Crippen LogP contribution is 2.31. The van der Waals surface area contributed by atoms with E-state index >= 15 is 0 Å². The summed E-state index contributed by atoms with van der Waals surface area (Å²) in [6, 6.07) is 0.387. The minimum absolute atomic E-state index is 0.0330. The molecule has 13 heavy (non-hydrogen) atoms. The van der Waals surface area contributed by atoms with Crippen LogP contribution in [-0.2, 0) is 4.79 Å². The van der Waals surface area contributed by atoms with E-state index in [1.807, 2.05) is 0 Å². The molecule has 74 valence electrons. The van der Waals surface area contributed by atoms with Gasteiger partial charge in [0.15, 0.2) is 0 Å².